The molecule has 0 bridgehead atoms. The average molecular weight is 482 g/mol. The summed E-state index contributed by atoms with van der Waals surface area (Å²) in [7, 11) is 1.51. The Labute approximate surface area is 201 Å². The summed E-state index contributed by atoms with van der Waals surface area (Å²) in [5.74, 6) is 1.11. The lowest BCUT2D eigenvalue weighted by Gasteiger charge is -2.17. The average Bonchev–Trinajstić information content (AvgIpc) is 3.45. The molecule has 0 fully saturated rings. The Morgan fingerprint density at radius 1 is 1.21 bits per heavy atom. The number of ether oxygens (including phenoxy) is 3. The fraction of sp³-hybridized carbons (Fsp3) is 0.308. The van der Waals surface area contributed by atoms with Crippen LogP contribution in [0.5, 0.6) is 17.2 Å². The van der Waals surface area contributed by atoms with Crippen molar-refractivity contribution in [1.29, 1.82) is 0 Å². The molecule has 0 saturated carbocycles. The number of rotatable bonds is 8. The van der Waals surface area contributed by atoms with Gasteiger partial charge in [-0.25, -0.2) is 9.78 Å². The molecule has 0 aliphatic heterocycles. The van der Waals surface area contributed by atoms with Gasteiger partial charge < -0.3 is 23.7 Å². The van der Waals surface area contributed by atoms with Crippen molar-refractivity contribution in [3.8, 4) is 28.0 Å². The maximum Gasteiger partial charge on any atom is 0.344 e. The molecule has 0 unspecified atom stereocenters. The Kier molecular flexibility index (Phi) is 6.52. The number of furan rings is 1. The molecule has 8 heteroatoms. The molecule has 4 aromatic rings. The maximum absolute atomic E-state index is 11.3. The van der Waals surface area contributed by atoms with E-state index in [1.54, 1.807) is 23.5 Å². The van der Waals surface area contributed by atoms with Crippen LogP contribution < -0.4 is 14.2 Å². The Bertz CT molecular complexity index is 1320. The van der Waals surface area contributed by atoms with Crippen molar-refractivity contribution >= 4 is 28.3 Å². The molecule has 0 spiro atoms. The van der Waals surface area contributed by atoms with Gasteiger partial charge in [-0.05, 0) is 37.3 Å². The van der Waals surface area contributed by atoms with Gasteiger partial charge in [0.2, 0.25) is 0 Å². The summed E-state index contributed by atoms with van der Waals surface area (Å²) in [6.07, 6.45) is -1.03. The number of fused-ring (bicyclic) bond motifs is 1. The molecule has 178 valence electrons. The van der Waals surface area contributed by atoms with Crippen LogP contribution in [0.15, 0.2) is 52.3 Å². The van der Waals surface area contributed by atoms with Crippen LogP contribution in [0.2, 0.25) is 0 Å². The lowest BCUT2D eigenvalue weighted by atomic mass is 9.93. The first-order valence-electron chi connectivity index (χ1n) is 10.8. The predicted molar refractivity (Wildman–Crippen MR) is 131 cm³/mol. The van der Waals surface area contributed by atoms with Gasteiger partial charge in [-0.3, -0.25) is 0 Å². The number of aliphatic carboxylic acids is 1. The van der Waals surface area contributed by atoms with Gasteiger partial charge in [-0.2, -0.15) is 0 Å². The first kappa shape index (κ1) is 23.6. The van der Waals surface area contributed by atoms with E-state index in [4.69, 9.17) is 23.6 Å². The zero-order chi connectivity index (χ0) is 24.5. The largest absolute Gasteiger partial charge is 0.493 e. The van der Waals surface area contributed by atoms with Crippen LogP contribution in [-0.2, 0) is 16.8 Å². The van der Waals surface area contributed by atoms with E-state index in [1.165, 1.54) is 14.0 Å². The SMILES string of the molecule is COc1cccc(COc2ccc3oc(-c4nc(C(C)(C)C)cs4)cc3c2)c1O[C@@H](C)C(=O)O. The second-order valence-electron chi connectivity index (χ2n) is 8.93. The van der Waals surface area contributed by atoms with Gasteiger partial charge in [0.1, 0.15) is 17.9 Å². The molecule has 7 nitrogen and oxygen atoms in total. The maximum atomic E-state index is 11.3. The van der Waals surface area contributed by atoms with E-state index < -0.39 is 12.1 Å². The number of thiazole rings is 1. The molecule has 0 amide bonds. The number of hydrogen-bond acceptors (Lipinski definition) is 7. The zero-order valence-corrected chi connectivity index (χ0v) is 20.6. The molecule has 2 aromatic heterocycles. The van der Waals surface area contributed by atoms with Gasteiger partial charge in [0, 0.05) is 21.7 Å². The molecule has 0 saturated heterocycles. The van der Waals surface area contributed by atoms with Crippen LogP contribution in [0, 0.1) is 0 Å². The number of hydrogen-bond donors (Lipinski definition) is 1. The number of aromatic nitrogens is 1. The van der Waals surface area contributed by atoms with Crippen molar-refractivity contribution in [2.24, 2.45) is 0 Å². The van der Waals surface area contributed by atoms with E-state index in [2.05, 4.69) is 26.2 Å². The minimum atomic E-state index is -1.06. The van der Waals surface area contributed by atoms with Gasteiger partial charge in [0.05, 0.1) is 12.8 Å². The molecular weight excluding hydrogens is 454 g/mol. The predicted octanol–water partition coefficient (Wildman–Crippen LogP) is 6.29. The number of para-hydroxylation sites is 1. The normalized spacial score (nSPS) is 12.5. The van der Waals surface area contributed by atoms with Crippen molar-refractivity contribution in [2.45, 2.75) is 45.8 Å². The summed E-state index contributed by atoms with van der Waals surface area (Å²) in [4.78, 5) is 16.0. The van der Waals surface area contributed by atoms with Gasteiger partial charge in [0.25, 0.3) is 0 Å². The Morgan fingerprint density at radius 3 is 2.68 bits per heavy atom. The lowest BCUT2D eigenvalue weighted by molar-refractivity contribution is -0.144. The van der Waals surface area contributed by atoms with Crippen molar-refractivity contribution in [3.63, 3.8) is 0 Å². The lowest BCUT2D eigenvalue weighted by Crippen LogP contribution is -2.23. The third-order valence-corrected chi connectivity index (χ3v) is 6.15. The van der Waals surface area contributed by atoms with Crippen LogP contribution in [0.4, 0.5) is 0 Å². The minimum absolute atomic E-state index is 0.0211. The van der Waals surface area contributed by atoms with E-state index in [9.17, 15) is 9.90 Å². The molecular formula is C26H27NO6S. The second-order valence-corrected chi connectivity index (χ2v) is 9.79. The third kappa shape index (κ3) is 5.02. The molecule has 4 rings (SSSR count). The van der Waals surface area contributed by atoms with Crippen LogP contribution in [0.1, 0.15) is 39.0 Å². The Balaban J connectivity index is 1.55. The summed E-state index contributed by atoms with van der Waals surface area (Å²) in [6.45, 7) is 8.05. The van der Waals surface area contributed by atoms with Crippen molar-refractivity contribution in [2.75, 3.05) is 7.11 Å². The number of methoxy groups -OCH3 is 1. The summed E-state index contributed by atoms with van der Waals surface area (Å²) in [6, 6.07) is 12.9. The summed E-state index contributed by atoms with van der Waals surface area (Å²) >= 11 is 1.56. The van der Waals surface area contributed by atoms with E-state index in [1.807, 2.05) is 30.3 Å². The number of carboxylic acid groups (broad SMARTS) is 1. The zero-order valence-electron chi connectivity index (χ0n) is 19.7. The fourth-order valence-electron chi connectivity index (χ4n) is 3.31. The quantitative estimate of drug-likeness (QED) is 0.316. The van der Waals surface area contributed by atoms with E-state index in [0.29, 0.717) is 22.8 Å². The van der Waals surface area contributed by atoms with Gasteiger partial charge in [-0.1, -0.05) is 32.9 Å². The standard InChI is InChI=1S/C26H27NO6S/c1-15(25(28)29)32-23-16(7-6-8-20(23)30-5)13-31-18-9-10-19-17(11-18)12-21(33-19)24-27-22(14-34-24)26(2,3)4/h6-12,14-15H,13H2,1-5H3,(H,28,29)/t15-/m0/s1. The molecule has 1 atom stereocenters. The van der Waals surface area contributed by atoms with E-state index in [-0.39, 0.29) is 12.0 Å². The summed E-state index contributed by atoms with van der Waals surface area (Å²) in [5.41, 5.74) is 2.44. The first-order chi connectivity index (χ1) is 16.2. The fourth-order valence-corrected chi connectivity index (χ4v) is 4.30. The molecule has 2 aromatic carbocycles. The first-order valence-corrected chi connectivity index (χ1v) is 11.7. The van der Waals surface area contributed by atoms with Gasteiger partial charge in [0.15, 0.2) is 28.4 Å². The molecule has 2 heterocycles. The minimum Gasteiger partial charge on any atom is -0.493 e. The smallest absolute Gasteiger partial charge is 0.344 e. The molecule has 0 aliphatic rings. The molecule has 0 radical (unpaired) electrons. The van der Waals surface area contributed by atoms with Crippen LogP contribution in [0.3, 0.4) is 0 Å². The number of carboxylic acids is 1. The molecule has 34 heavy (non-hydrogen) atoms. The highest BCUT2D eigenvalue weighted by molar-refractivity contribution is 7.13. The summed E-state index contributed by atoms with van der Waals surface area (Å²) < 4.78 is 23.0. The van der Waals surface area contributed by atoms with E-state index in [0.717, 1.165) is 27.4 Å². The summed E-state index contributed by atoms with van der Waals surface area (Å²) in [5, 5.41) is 13.0. The van der Waals surface area contributed by atoms with Crippen molar-refractivity contribution in [3.05, 3.63) is 59.1 Å². The molecule has 0 aliphatic carbocycles. The van der Waals surface area contributed by atoms with E-state index >= 15 is 0 Å². The number of nitrogens with zero attached hydrogens (tertiary/aromatic N) is 1. The van der Waals surface area contributed by atoms with Gasteiger partial charge in [-0.15, -0.1) is 11.3 Å². The highest BCUT2D eigenvalue weighted by Gasteiger charge is 2.20. The van der Waals surface area contributed by atoms with Crippen LogP contribution >= 0.6 is 11.3 Å². The molecule has 1 N–H and O–H groups in total. The van der Waals surface area contributed by atoms with Crippen molar-refractivity contribution < 1.29 is 28.5 Å². The van der Waals surface area contributed by atoms with Gasteiger partial charge >= 0.3 is 5.97 Å². The third-order valence-electron chi connectivity index (χ3n) is 5.29. The number of carbonyl (C=O) groups is 1. The Morgan fingerprint density at radius 2 is 2.00 bits per heavy atom. The highest BCUT2D eigenvalue weighted by Crippen LogP contribution is 2.36. The Hall–Kier alpha value is -3.52. The van der Waals surface area contributed by atoms with Crippen molar-refractivity contribution in [1.82, 2.24) is 4.98 Å². The monoisotopic (exact) mass is 481 g/mol. The van der Waals surface area contributed by atoms with Crippen LogP contribution in [0.25, 0.3) is 21.7 Å². The highest BCUT2D eigenvalue weighted by atomic mass is 32.1. The second kappa shape index (κ2) is 9.38. The number of benzene rings is 2. The van der Waals surface area contributed by atoms with Crippen LogP contribution in [-0.4, -0.2) is 29.3 Å². The topological polar surface area (TPSA) is 91.0 Å².